The number of nitrogens with zero attached hydrogens (tertiary/aromatic N) is 1. The highest BCUT2D eigenvalue weighted by Gasteiger charge is 2.44. The zero-order valence-electron chi connectivity index (χ0n) is 10.9. The molecule has 1 aromatic carbocycles. The number of hydrogen-bond donors (Lipinski definition) is 2. The summed E-state index contributed by atoms with van der Waals surface area (Å²) in [5.74, 6) is -0.261. The van der Waals surface area contributed by atoms with E-state index >= 15 is 0 Å². The lowest BCUT2D eigenvalue weighted by atomic mass is 9.96. The molecule has 0 spiro atoms. The second kappa shape index (κ2) is 4.92. The second-order valence-electron chi connectivity index (χ2n) is 5.14. The first-order chi connectivity index (χ1) is 9.70. The van der Waals surface area contributed by atoms with Crippen LogP contribution in [0.3, 0.4) is 0 Å². The van der Waals surface area contributed by atoms with Gasteiger partial charge in [0.05, 0.1) is 0 Å². The highest BCUT2D eigenvalue weighted by atomic mass is 16.2. The number of H-pyrrole nitrogens is 1. The predicted molar refractivity (Wildman–Crippen MR) is 74.5 cm³/mol. The van der Waals surface area contributed by atoms with Crippen LogP contribution in [0.15, 0.2) is 47.3 Å². The van der Waals surface area contributed by atoms with Gasteiger partial charge in [-0.05, 0) is 24.5 Å². The summed E-state index contributed by atoms with van der Waals surface area (Å²) in [4.78, 5) is 22.9. The molecule has 0 radical (unpaired) electrons. The molecule has 1 heterocycles. The summed E-state index contributed by atoms with van der Waals surface area (Å²) < 4.78 is 0. The number of nitrogens with one attached hydrogen (secondary N) is 2. The Morgan fingerprint density at radius 1 is 1.20 bits per heavy atom. The molecule has 102 valence electrons. The molecule has 20 heavy (non-hydrogen) atoms. The van der Waals surface area contributed by atoms with E-state index in [1.165, 1.54) is 17.7 Å². The molecule has 2 N–H and O–H groups in total. The molecule has 1 aliphatic rings. The van der Waals surface area contributed by atoms with Crippen molar-refractivity contribution in [3.8, 4) is 0 Å². The lowest BCUT2D eigenvalue weighted by Crippen LogP contribution is -2.33. The molecule has 0 unspecified atom stereocenters. The van der Waals surface area contributed by atoms with Crippen molar-refractivity contribution in [2.45, 2.75) is 18.3 Å². The minimum Gasteiger partial charge on any atom is -0.350 e. The van der Waals surface area contributed by atoms with Crippen LogP contribution in [0.2, 0.25) is 0 Å². The number of rotatable bonds is 4. The second-order valence-corrected chi connectivity index (χ2v) is 5.14. The monoisotopic (exact) mass is 269 g/mol. The van der Waals surface area contributed by atoms with Crippen LogP contribution in [0.1, 0.15) is 28.9 Å². The minimum absolute atomic E-state index is 0.0686. The van der Waals surface area contributed by atoms with Gasteiger partial charge in [-0.3, -0.25) is 9.59 Å². The summed E-state index contributed by atoms with van der Waals surface area (Å²) in [6.07, 6.45) is 2.16. The summed E-state index contributed by atoms with van der Waals surface area (Å²) in [7, 11) is 0. The zero-order valence-corrected chi connectivity index (χ0v) is 10.9. The van der Waals surface area contributed by atoms with E-state index in [4.69, 9.17) is 0 Å². The highest BCUT2D eigenvalue weighted by molar-refractivity contribution is 5.92. The van der Waals surface area contributed by atoms with Crippen molar-refractivity contribution in [1.29, 1.82) is 0 Å². The van der Waals surface area contributed by atoms with Gasteiger partial charge in [-0.25, -0.2) is 5.10 Å². The molecule has 1 aromatic heterocycles. The number of carbonyl (C=O) groups excluding carboxylic acids is 1. The lowest BCUT2D eigenvalue weighted by molar-refractivity contribution is 0.0943. The van der Waals surface area contributed by atoms with E-state index in [2.05, 4.69) is 27.6 Å². The van der Waals surface area contributed by atoms with E-state index < -0.39 is 0 Å². The fourth-order valence-electron chi connectivity index (χ4n) is 2.32. The maximum absolute atomic E-state index is 12.0. The van der Waals surface area contributed by atoms with Crippen molar-refractivity contribution in [1.82, 2.24) is 15.5 Å². The summed E-state index contributed by atoms with van der Waals surface area (Å²) in [5, 5.41) is 8.88. The van der Waals surface area contributed by atoms with Crippen LogP contribution in [0.5, 0.6) is 0 Å². The Morgan fingerprint density at radius 2 is 1.95 bits per heavy atom. The van der Waals surface area contributed by atoms with Crippen molar-refractivity contribution in [2.24, 2.45) is 0 Å². The maximum atomic E-state index is 12.0. The predicted octanol–water partition coefficient (Wildman–Crippen LogP) is 1.23. The first kappa shape index (κ1) is 12.6. The standard InChI is InChI=1S/C15H15N3O2/c19-13-7-6-12(17-18-13)14(20)16-10-15(8-9-15)11-4-2-1-3-5-11/h1-7H,8-10H2,(H,16,20)(H,18,19). The molecular formula is C15H15N3O2. The van der Waals surface area contributed by atoms with Crippen molar-refractivity contribution in [3.05, 3.63) is 64.1 Å². The van der Waals surface area contributed by atoms with Gasteiger partial charge in [0.2, 0.25) is 0 Å². The van der Waals surface area contributed by atoms with Crippen molar-refractivity contribution >= 4 is 5.91 Å². The largest absolute Gasteiger partial charge is 0.350 e. The molecular weight excluding hydrogens is 254 g/mol. The van der Waals surface area contributed by atoms with E-state index in [0.717, 1.165) is 12.8 Å². The number of aromatic nitrogens is 2. The maximum Gasteiger partial charge on any atom is 0.271 e. The molecule has 1 saturated carbocycles. The van der Waals surface area contributed by atoms with Crippen molar-refractivity contribution in [2.75, 3.05) is 6.54 Å². The van der Waals surface area contributed by atoms with Gasteiger partial charge in [0.25, 0.3) is 11.5 Å². The fraction of sp³-hybridized carbons (Fsp3) is 0.267. The normalized spacial score (nSPS) is 15.6. The topological polar surface area (TPSA) is 74.8 Å². The van der Waals surface area contributed by atoms with Crippen molar-refractivity contribution < 1.29 is 4.79 Å². The summed E-state index contributed by atoms with van der Waals surface area (Å²) in [6.45, 7) is 0.594. The number of carbonyl (C=O) groups is 1. The molecule has 5 nitrogen and oxygen atoms in total. The Balaban J connectivity index is 1.67. The quantitative estimate of drug-likeness (QED) is 0.876. The van der Waals surface area contributed by atoms with Gasteiger partial charge in [0.1, 0.15) is 5.69 Å². The summed E-state index contributed by atoms with van der Waals surface area (Å²) in [5.41, 5.74) is 1.24. The van der Waals surface area contributed by atoms with Gasteiger partial charge >= 0.3 is 0 Å². The molecule has 1 amide bonds. The third-order valence-corrected chi connectivity index (χ3v) is 3.74. The highest BCUT2D eigenvalue weighted by Crippen LogP contribution is 2.47. The van der Waals surface area contributed by atoms with Crippen LogP contribution in [-0.2, 0) is 5.41 Å². The van der Waals surface area contributed by atoms with Gasteiger partial charge in [-0.15, -0.1) is 0 Å². The van der Waals surface area contributed by atoms with Crippen LogP contribution in [0.4, 0.5) is 0 Å². The third-order valence-electron chi connectivity index (χ3n) is 3.74. The van der Waals surface area contributed by atoms with Gasteiger partial charge in [0.15, 0.2) is 0 Å². The van der Waals surface area contributed by atoms with E-state index in [-0.39, 0.29) is 22.6 Å². The van der Waals surface area contributed by atoms with E-state index in [0.29, 0.717) is 6.54 Å². The Bertz CT molecular complexity index is 655. The SMILES string of the molecule is O=C(NCC1(c2ccccc2)CC1)c1ccc(=O)[nH]n1. The lowest BCUT2D eigenvalue weighted by Gasteiger charge is -2.16. The number of amides is 1. The van der Waals surface area contributed by atoms with Crippen LogP contribution >= 0.6 is 0 Å². The van der Waals surface area contributed by atoms with Gasteiger partial charge in [-0.1, -0.05) is 30.3 Å². The molecule has 0 bridgehead atoms. The average Bonchev–Trinajstić information content (AvgIpc) is 3.28. The summed E-state index contributed by atoms with van der Waals surface area (Å²) in [6, 6.07) is 12.9. The molecule has 0 atom stereocenters. The molecule has 1 fully saturated rings. The van der Waals surface area contributed by atoms with Crippen LogP contribution in [0.25, 0.3) is 0 Å². The van der Waals surface area contributed by atoms with Crippen LogP contribution < -0.4 is 10.9 Å². The molecule has 0 aliphatic heterocycles. The van der Waals surface area contributed by atoms with Gasteiger partial charge in [-0.2, -0.15) is 5.10 Å². The molecule has 2 aromatic rings. The Morgan fingerprint density at radius 3 is 2.55 bits per heavy atom. The average molecular weight is 269 g/mol. The Hall–Kier alpha value is -2.43. The van der Waals surface area contributed by atoms with E-state index in [1.54, 1.807) is 0 Å². The van der Waals surface area contributed by atoms with Crippen molar-refractivity contribution in [3.63, 3.8) is 0 Å². The van der Waals surface area contributed by atoms with Gasteiger partial charge < -0.3 is 5.32 Å². The number of aromatic amines is 1. The number of hydrogen-bond acceptors (Lipinski definition) is 3. The van der Waals surface area contributed by atoms with E-state index in [1.807, 2.05) is 18.2 Å². The third kappa shape index (κ3) is 2.47. The Kier molecular flexibility index (Phi) is 3.10. The summed E-state index contributed by atoms with van der Waals surface area (Å²) >= 11 is 0. The molecule has 0 saturated heterocycles. The Labute approximate surface area is 116 Å². The zero-order chi connectivity index (χ0) is 14.0. The fourth-order valence-corrected chi connectivity index (χ4v) is 2.32. The van der Waals surface area contributed by atoms with E-state index in [9.17, 15) is 9.59 Å². The van der Waals surface area contributed by atoms with Gasteiger partial charge in [0, 0.05) is 18.0 Å². The molecule has 3 rings (SSSR count). The van der Waals surface area contributed by atoms with Crippen LogP contribution in [-0.4, -0.2) is 22.6 Å². The minimum atomic E-state index is -0.315. The number of benzene rings is 1. The first-order valence-electron chi connectivity index (χ1n) is 6.59. The smallest absolute Gasteiger partial charge is 0.271 e. The molecule has 5 heteroatoms. The van der Waals surface area contributed by atoms with Crippen LogP contribution in [0, 0.1) is 0 Å². The first-order valence-corrected chi connectivity index (χ1v) is 6.59. The molecule has 1 aliphatic carbocycles.